The number of hydrogen-bond acceptors (Lipinski definition) is 4. The Balaban J connectivity index is 1.91. The minimum atomic E-state index is -1.06. The van der Waals surface area contributed by atoms with Gasteiger partial charge in [0.15, 0.2) is 0 Å². The fourth-order valence-electron chi connectivity index (χ4n) is 3.36. The van der Waals surface area contributed by atoms with Gasteiger partial charge in [-0.2, -0.15) is 0 Å². The number of amides is 1. The first-order valence-electron chi connectivity index (χ1n) is 10.4. The maximum absolute atomic E-state index is 12.2. The molecule has 8 heteroatoms. The summed E-state index contributed by atoms with van der Waals surface area (Å²) >= 11 is 6.44. The molecule has 1 amide bonds. The zero-order valence-corrected chi connectivity index (χ0v) is 19.7. The van der Waals surface area contributed by atoms with E-state index < -0.39 is 11.4 Å². The van der Waals surface area contributed by atoms with Crippen LogP contribution in [-0.2, 0) is 24.8 Å². The molecule has 0 spiro atoms. The SMILES string of the molecule is CCOc1cc2c(cc1C(=O)O)nc(Cc1cc(CNC(=O)C(C)(C)C)ccc1Cl)n2C. The number of nitrogens with one attached hydrogen (secondary N) is 1. The fraction of sp³-hybridized carbons (Fsp3) is 0.375. The number of rotatable bonds is 7. The molecule has 1 aromatic heterocycles. The minimum Gasteiger partial charge on any atom is -0.493 e. The van der Waals surface area contributed by atoms with Gasteiger partial charge < -0.3 is 19.7 Å². The molecule has 7 nitrogen and oxygen atoms in total. The molecule has 0 aliphatic rings. The molecule has 0 aliphatic carbocycles. The summed E-state index contributed by atoms with van der Waals surface area (Å²) in [6, 6.07) is 8.90. The van der Waals surface area contributed by atoms with Gasteiger partial charge >= 0.3 is 5.97 Å². The first-order chi connectivity index (χ1) is 15.0. The normalized spacial score (nSPS) is 11.6. The van der Waals surface area contributed by atoms with Crippen LogP contribution in [0, 0.1) is 5.41 Å². The van der Waals surface area contributed by atoms with Crippen molar-refractivity contribution in [2.75, 3.05) is 6.61 Å². The third-order valence-corrected chi connectivity index (χ3v) is 5.57. The predicted octanol–water partition coefficient (Wildman–Crippen LogP) is 4.58. The number of aromatic nitrogens is 2. The van der Waals surface area contributed by atoms with Crippen LogP contribution in [0.3, 0.4) is 0 Å². The summed E-state index contributed by atoms with van der Waals surface area (Å²) < 4.78 is 7.43. The number of carboxylic acid groups (broad SMARTS) is 1. The molecule has 170 valence electrons. The summed E-state index contributed by atoms with van der Waals surface area (Å²) in [6.07, 6.45) is 0.456. The highest BCUT2D eigenvalue weighted by molar-refractivity contribution is 6.31. The van der Waals surface area contributed by atoms with Gasteiger partial charge in [-0.3, -0.25) is 4.79 Å². The molecule has 3 aromatic rings. The average molecular weight is 458 g/mol. The van der Waals surface area contributed by atoms with Crippen molar-refractivity contribution >= 4 is 34.5 Å². The summed E-state index contributed by atoms with van der Waals surface area (Å²) in [6.45, 7) is 8.19. The lowest BCUT2D eigenvalue weighted by Crippen LogP contribution is -2.34. The van der Waals surface area contributed by atoms with Crippen LogP contribution < -0.4 is 10.1 Å². The smallest absolute Gasteiger partial charge is 0.339 e. The van der Waals surface area contributed by atoms with Gasteiger partial charge in [-0.15, -0.1) is 0 Å². The van der Waals surface area contributed by atoms with Crippen LogP contribution >= 0.6 is 11.6 Å². The quantitative estimate of drug-likeness (QED) is 0.541. The minimum absolute atomic E-state index is 0.0244. The van der Waals surface area contributed by atoms with Gasteiger partial charge in [0.05, 0.1) is 17.6 Å². The highest BCUT2D eigenvalue weighted by atomic mass is 35.5. The fourth-order valence-corrected chi connectivity index (χ4v) is 3.54. The number of carbonyl (C=O) groups excluding carboxylic acids is 1. The van der Waals surface area contributed by atoms with Crippen molar-refractivity contribution in [2.24, 2.45) is 12.5 Å². The molecule has 3 rings (SSSR count). The van der Waals surface area contributed by atoms with Gasteiger partial charge in [-0.1, -0.05) is 44.5 Å². The first kappa shape index (κ1) is 23.6. The molecule has 0 saturated heterocycles. The van der Waals surface area contributed by atoms with E-state index in [0.717, 1.165) is 22.5 Å². The van der Waals surface area contributed by atoms with Gasteiger partial charge in [0.1, 0.15) is 17.1 Å². The van der Waals surface area contributed by atoms with E-state index in [1.807, 2.05) is 57.5 Å². The van der Waals surface area contributed by atoms with Crippen LogP contribution in [0.5, 0.6) is 5.75 Å². The second-order valence-electron chi connectivity index (χ2n) is 8.70. The van der Waals surface area contributed by atoms with Crippen molar-refractivity contribution in [3.05, 3.63) is 57.9 Å². The van der Waals surface area contributed by atoms with E-state index in [-0.39, 0.29) is 11.5 Å². The molecule has 1 heterocycles. The Morgan fingerprint density at radius 2 is 1.94 bits per heavy atom. The largest absolute Gasteiger partial charge is 0.493 e. The Morgan fingerprint density at radius 1 is 1.22 bits per heavy atom. The first-order valence-corrected chi connectivity index (χ1v) is 10.8. The Hall–Kier alpha value is -3.06. The van der Waals surface area contributed by atoms with E-state index in [4.69, 9.17) is 16.3 Å². The zero-order chi connectivity index (χ0) is 23.6. The van der Waals surface area contributed by atoms with Gasteiger partial charge in [0, 0.05) is 36.5 Å². The third-order valence-electron chi connectivity index (χ3n) is 5.20. The number of benzene rings is 2. The number of carbonyl (C=O) groups is 2. The Morgan fingerprint density at radius 3 is 2.56 bits per heavy atom. The monoisotopic (exact) mass is 457 g/mol. The van der Waals surface area contributed by atoms with Crippen molar-refractivity contribution in [3.8, 4) is 5.75 Å². The van der Waals surface area contributed by atoms with Crippen LogP contribution in [0.4, 0.5) is 0 Å². The number of nitrogens with zero attached hydrogens (tertiary/aromatic N) is 2. The molecule has 32 heavy (non-hydrogen) atoms. The van der Waals surface area contributed by atoms with Crippen molar-refractivity contribution in [1.82, 2.24) is 14.9 Å². The van der Waals surface area contributed by atoms with E-state index in [2.05, 4.69) is 10.3 Å². The molecule has 2 N–H and O–H groups in total. The second-order valence-corrected chi connectivity index (χ2v) is 9.10. The summed E-state index contributed by atoms with van der Waals surface area (Å²) in [4.78, 5) is 28.4. The standard InChI is InChI=1S/C24H28ClN3O4/c1-6-32-20-12-19-18(11-16(20)22(29)30)27-21(28(19)5)10-15-9-14(7-8-17(15)25)13-26-23(31)24(2,3)4/h7-9,11-12H,6,10,13H2,1-5H3,(H,26,31)(H,29,30). The Bertz CT molecular complexity index is 1180. The Labute approximate surface area is 192 Å². The maximum Gasteiger partial charge on any atom is 0.339 e. The van der Waals surface area contributed by atoms with Crippen molar-refractivity contribution in [3.63, 3.8) is 0 Å². The molecule has 2 aromatic carbocycles. The number of ether oxygens (including phenoxy) is 1. The molecule has 0 atom stereocenters. The lowest BCUT2D eigenvalue weighted by molar-refractivity contribution is -0.128. The summed E-state index contributed by atoms with van der Waals surface area (Å²) in [5, 5.41) is 13.1. The van der Waals surface area contributed by atoms with Crippen LogP contribution in [-0.4, -0.2) is 33.1 Å². The van der Waals surface area contributed by atoms with Gasteiger partial charge in [0.2, 0.25) is 5.91 Å². The van der Waals surface area contributed by atoms with Crippen molar-refractivity contribution < 1.29 is 19.4 Å². The molecule has 0 unspecified atom stereocenters. The molecule has 0 radical (unpaired) electrons. The molecule has 0 aliphatic heterocycles. The van der Waals surface area contributed by atoms with E-state index >= 15 is 0 Å². The Kier molecular flexibility index (Phi) is 6.79. The van der Waals surface area contributed by atoms with Crippen LogP contribution in [0.15, 0.2) is 30.3 Å². The molecular formula is C24H28ClN3O4. The third kappa shape index (κ3) is 5.05. The van der Waals surface area contributed by atoms with E-state index in [1.165, 1.54) is 6.07 Å². The summed E-state index contributed by atoms with van der Waals surface area (Å²) in [5.74, 6) is -0.0290. The number of aromatic carboxylic acids is 1. The van der Waals surface area contributed by atoms with Crippen LogP contribution in [0.1, 0.15) is 55.0 Å². The van der Waals surface area contributed by atoms with Crippen molar-refractivity contribution in [2.45, 2.75) is 40.7 Å². The summed E-state index contributed by atoms with van der Waals surface area (Å²) in [7, 11) is 1.88. The van der Waals surface area contributed by atoms with E-state index in [1.54, 1.807) is 6.07 Å². The average Bonchev–Trinajstić information content (AvgIpc) is 3.02. The van der Waals surface area contributed by atoms with Gasteiger partial charge in [-0.05, 0) is 30.2 Å². The maximum atomic E-state index is 12.2. The lowest BCUT2D eigenvalue weighted by Gasteiger charge is -2.18. The van der Waals surface area contributed by atoms with Crippen LogP contribution in [0.2, 0.25) is 5.02 Å². The number of fused-ring (bicyclic) bond motifs is 1. The lowest BCUT2D eigenvalue weighted by atomic mass is 9.95. The number of hydrogen-bond donors (Lipinski definition) is 2. The highest BCUT2D eigenvalue weighted by Gasteiger charge is 2.21. The van der Waals surface area contributed by atoms with Crippen LogP contribution in [0.25, 0.3) is 11.0 Å². The topological polar surface area (TPSA) is 93.5 Å². The number of aryl methyl sites for hydroxylation is 1. The number of carboxylic acids is 1. The molecular weight excluding hydrogens is 430 g/mol. The number of halogens is 1. The predicted molar refractivity (Wildman–Crippen MR) is 124 cm³/mol. The molecule has 0 bridgehead atoms. The summed E-state index contributed by atoms with van der Waals surface area (Å²) in [5.41, 5.74) is 2.78. The highest BCUT2D eigenvalue weighted by Crippen LogP contribution is 2.28. The van der Waals surface area contributed by atoms with Gasteiger partial charge in [-0.25, -0.2) is 9.78 Å². The van der Waals surface area contributed by atoms with Crippen molar-refractivity contribution in [1.29, 1.82) is 0 Å². The molecule has 0 fully saturated rings. The molecule has 0 saturated carbocycles. The number of imidazole rings is 1. The van der Waals surface area contributed by atoms with E-state index in [9.17, 15) is 14.7 Å². The zero-order valence-electron chi connectivity index (χ0n) is 19.0. The second kappa shape index (κ2) is 9.20. The van der Waals surface area contributed by atoms with E-state index in [0.29, 0.717) is 35.9 Å². The van der Waals surface area contributed by atoms with Gasteiger partial charge in [0.25, 0.3) is 0 Å².